The Bertz CT molecular complexity index is 363. The Kier molecular flexibility index (Phi) is 2.77. The molecule has 1 aliphatic heterocycles. The first kappa shape index (κ1) is 9.85. The Morgan fingerprint density at radius 3 is 2.93 bits per heavy atom. The maximum atomic E-state index is 11.8. The van der Waals surface area contributed by atoms with Crippen molar-refractivity contribution in [2.75, 3.05) is 26.3 Å². The van der Waals surface area contributed by atoms with Crippen molar-refractivity contribution in [1.29, 1.82) is 0 Å². The number of rotatable bonds is 1. The van der Waals surface area contributed by atoms with Crippen molar-refractivity contribution in [2.24, 2.45) is 0 Å². The normalized spacial score (nSPS) is 16.4. The van der Waals surface area contributed by atoms with Gasteiger partial charge in [-0.15, -0.1) is 0 Å². The highest BCUT2D eigenvalue weighted by atomic mass is 16.5. The number of amides is 1. The van der Waals surface area contributed by atoms with Crippen molar-refractivity contribution in [3.05, 3.63) is 29.5 Å². The number of carbonyl (C=O) groups is 1. The summed E-state index contributed by atoms with van der Waals surface area (Å²) in [6.07, 6.45) is 3.74. The minimum Gasteiger partial charge on any atom is -0.619 e. The number of morpholine rings is 1. The van der Waals surface area contributed by atoms with E-state index < -0.39 is 0 Å². The van der Waals surface area contributed by atoms with Gasteiger partial charge in [-0.3, -0.25) is 4.79 Å². The van der Waals surface area contributed by atoms with Gasteiger partial charge < -0.3 is 14.8 Å². The average Bonchev–Trinajstić information content (AvgIpc) is 2.29. The molecule has 1 amide bonds. The summed E-state index contributed by atoms with van der Waals surface area (Å²) in [6, 6.07) is 0. The van der Waals surface area contributed by atoms with E-state index in [-0.39, 0.29) is 11.6 Å². The van der Waals surface area contributed by atoms with Crippen LogP contribution in [0.2, 0.25) is 0 Å². The topological polar surface area (TPSA) is 69.4 Å². The molecule has 1 aliphatic rings. The third kappa shape index (κ3) is 2.21. The number of nitrogens with zero attached hydrogens (tertiary/aromatic N) is 3. The lowest BCUT2D eigenvalue weighted by atomic mass is 10.3. The summed E-state index contributed by atoms with van der Waals surface area (Å²) in [5.41, 5.74) is 0.175. The van der Waals surface area contributed by atoms with E-state index in [1.54, 1.807) is 4.90 Å². The molecule has 0 aromatic carbocycles. The first-order valence-corrected chi connectivity index (χ1v) is 4.69. The van der Waals surface area contributed by atoms with Gasteiger partial charge in [0.2, 0.25) is 6.20 Å². The molecule has 2 heterocycles. The molecule has 0 atom stereocenters. The largest absolute Gasteiger partial charge is 0.619 e. The number of ether oxygens (including phenoxy) is 1. The highest BCUT2D eigenvalue weighted by Gasteiger charge is 2.21. The van der Waals surface area contributed by atoms with Crippen LogP contribution < -0.4 is 4.73 Å². The fourth-order valence-electron chi connectivity index (χ4n) is 1.42. The van der Waals surface area contributed by atoms with Crippen LogP contribution in [0.1, 0.15) is 10.5 Å². The standard InChI is InChI=1S/C9H11N3O3/c13-9(11-3-5-15-6-4-11)8-7-12(14)2-1-10-8/h1-2,7H,3-6H2. The van der Waals surface area contributed by atoms with Gasteiger partial charge >= 0.3 is 0 Å². The minimum atomic E-state index is -0.219. The van der Waals surface area contributed by atoms with Gasteiger partial charge in [-0.25, -0.2) is 4.98 Å². The maximum absolute atomic E-state index is 11.8. The summed E-state index contributed by atoms with van der Waals surface area (Å²) in [4.78, 5) is 17.3. The zero-order valence-corrected chi connectivity index (χ0v) is 8.13. The third-order valence-electron chi connectivity index (χ3n) is 2.19. The number of hydrogen-bond acceptors (Lipinski definition) is 4. The van der Waals surface area contributed by atoms with E-state index in [4.69, 9.17) is 4.74 Å². The molecule has 1 aromatic heterocycles. The van der Waals surface area contributed by atoms with Gasteiger partial charge in [-0.1, -0.05) is 0 Å². The van der Waals surface area contributed by atoms with Gasteiger partial charge in [0.1, 0.15) is 0 Å². The van der Waals surface area contributed by atoms with Crippen LogP contribution >= 0.6 is 0 Å². The minimum absolute atomic E-state index is 0.175. The molecule has 0 radical (unpaired) electrons. The molecule has 2 rings (SSSR count). The van der Waals surface area contributed by atoms with Crippen LogP contribution in [0.3, 0.4) is 0 Å². The molecule has 0 saturated carbocycles. The van der Waals surface area contributed by atoms with E-state index in [1.165, 1.54) is 18.6 Å². The van der Waals surface area contributed by atoms with Gasteiger partial charge in [0.05, 0.1) is 19.4 Å². The van der Waals surface area contributed by atoms with Crippen molar-refractivity contribution >= 4 is 5.91 Å². The van der Waals surface area contributed by atoms with Gasteiger partial charge in [0.25, 0.3) is 5.91 Å². The summed E-state index contributed by atoms with van der Waals surface area (Å²) in [5, 5.41) is 11.0. The first-order valence-electron chi connectivity index (χ1n) is 4.69. The lowest BCUT2D eigenvalue weighted by Crippen LogP contribution is -2.42. The Labute approximate surface area is 86.7 Å². The van der Waals surface area contributed by atoms with Crippen LogP contribution in [-0.4, -0.2) is 42.1 Å². The summed E-state index contributed by atoms with van der Waals surface area (Å²) in [5.74, 6) is -0.219. The second-order valence-electron chi connectivity index (χ2n) is 3.21. The van der Waals surface area contributed by atoms with Gasteiger partial charge in [0, 0.05) is 13.1 Å². The molecule has 0 aliphatic carbocycles. The Morgan fingerprint density at radius 2 is 2.27 bits per heavy atom. The Hall–Kier alpha value is -1.69. The molecule has 0 bridgehead atoms. The van der Waals surface area contributed by atoms with Gasteiger partial charge in [0.15, 0.2) is 11.9 Å². The lowest BCUT2D eigenvalue weighted by Gasteiger charge is -2.25. The second-order valence-corrected chi connectivity index (χ2v) is 3.21. The summed E-state index contributed by atoms with van der Waals surface area (Å²) >= 11 is 0. The van der Waals surface area contributed by atoms with Crippen LogP contribution in [0.15, 0.2) is 18.6 Å². The van der Waals surface area contributed by atoms with E-state index in [1.807, 2.05) is 0 Å². The highest BCUT2D eigenvalue weighted by Crippen LogP contribution is 2.02. The highest BCUT2D eigenvalue weighted by molar-refractivity contribution is 5.91. The fraction of sp³-hybridized carbons (Fsp3) is 0.444. The van der Waals surface area contributed by atoms with Crippen molar-refractivity contribution in [2.45, 2.75) is 0 Å². The SMILES string of the molecule is O=C(c1c[n+]([O-])ccn1)N1CCOCC1. The summed E-state index contributed by atoms with van der Waals surface area (Å²) < 4.78 is 5.70. The molecule has 0 spiro atoms. The molecule has 1 aromatic rings. The zero-order valence-electron chi connectivity index (χ0n) is 8.13. The van der Waals surface area contributed by atoms with Crippen LogP contribution in [-0.2, 0) is 4.74 Å². The Morgan fingerprint density at radius 1 is 1.53 bits per heavy atom. The van der Waals surface area contributed by atoms with Crippen LogP contribution in [0.25, 0.3) is 0 Å². The van der Waals surface area contributed by atoms with E-state index in [2.05, 4.69) is 4.98 Å². The maximum Gasteiger partial charge on any atom is 0.278 e. The van der Waals surface area contributed by atoms with Crippen LogP contribution in [0, 0.1) is 5.21 Å². The third-order valence-corrected chi connectivity index (χ3v) is 2.19. The second kappa shape index (κ2) is 4.22. The molecule has 6 heteroatoms. The van der Waals surface area contributed by atoms with E-state index in [0.29, 0.717) is 31.0 Å². The van der Waals surface area contributed by atoms with E-state index >= 15 is 0 Å². The molecular weight excluding hydrogens is 198 g/mol. The van der Waals surface area contributed by atoms with Crippen LogP contribution in [0.4, 0.5) is 0 Å². The van der Waals surface area contributed by atoms with Crippen molar-refractivity contribution in [3.8, 4) is 0 Å². The predicted molar refractivity (Wildman–Crippen MR) is 49.9 cm³/mol. The number of hydrogen-bond donors (Lipinski definition) is 0. The number of aromatic nitrogens is 2. The monoisotopic (exact) mass is 209 g/mol. The average molecular weight is 209 g/mol. The predicted octanol–water partition coefficient (Wildman–Crippen LogP) is -0.813. The molecular formula is C9H11N3O3. The van der Waals surface area contributed by atoms with Gasteiger partial charge in [-0.2, -0.15) is 4.73 Å². The van der Waals surface area contributed by atoms with E-state index in [9.17, 15) is 10.0 Å². The van der Waals surface area contributed by atoms with E-state index in [0.717, 1.165) is 0 Å². The molecule has 0 N–H and O–H groups in total. The van der Waals surface area contributed by atoms with Crippen molar-refractivity contribution < 1.29 is 14.3 Å². The molecule has 1 fully saturated rings. The van der Waals surface area contributed by atoms with Gasteiger partial charge in [-0.05, 0) is 0 Å². The summed E-state index contributed by atoms with van der Waals surface area (Å²) in [7, 11) is 0. The molecule has 6 nitrogen and oxygen atoms in total. The molecule has 15 heavy (non-hydrogen) atoms. The Balaban J connectivity index is 2.12. The molecule has 80 valence electrons. The smallest absolute Gasteiger partial charge is 0.278 e. The summed E-state index contributed by atoms with van der Waals surface area (Å²) in [6.45, 7) is 2.18. The number of carbonyl (C=O) groups excluding carboxylic acids is 1. The molecule has 1 saturated heterocycles. The lowest BCUT2D eigenvalue weighted by molar-refractivity contribution is -0.606. The van der Waals surface area contributed by atoms with Crippen molar-refractivity contribution in [1.82, 2.24) is 9.88 Å². The molecule has 0 unspecified atom stereocenters. The van der Waals surface area contributed by atoms with Crippen LogP contribution in [0.5, 0.6) is 0 Å². The fourth-order valence-corrected chi connectivity index (χ4v) is 1.42. The quantitative estimate of drug-likeness (QED) is 0.448. The first-order chi connectivity index (χ1) is 7.27. The van der Waals surface area contributed by atoms with Crippen molar-refractivity contribution in [3.63, 3.8) is 0 Å². The zero-order chi connectivity index (χ0) is 10.7.